The molecule has 1 rings (SSSR count). The van der Waals surface area contributed by atoms with Crippen LogP contribution in [0.1, 0.15) is 20.3 Å². The van der Waals surface area contributed by atoms with Crippen LogP contribution in [0.5, 0.6) is 0 Å². The van der Waals surface area contributed by atoms with E-state index < -0.39 is 32.6 Å². The van der Waals surface area contributed by atoms with Gasteiger partial charge in [0.25, 0.3) is 0 Å². The summed E-state index contributed by atoms with van der Waals surface area (Å²) in [4.78, 5) is -0.699. The first-order valence-electron chi connectivity index (χ1n) is 5.93. The monoisotopic (exact) mass is 328 g/mol. The Labute approximate surface area is 124 Å². The molecule has 0 bridgehead atoms. The number of rotatable bonds is 6. The molecule has 1 aromatic rings. The van der Waals surface area contributed by atoms with Gasteiger partial charge in [-0.1, -0.05) is 13.8 Å². The van der Waals surface area contributed by atoms with Gasteiger partial charge >= 0.3 is 0 Å². The van der Waals surface area contributed by atoms with Gasteiger partial charge in [-0.05, 0) is 30.5 Å². The number of hydrogen-bond donors (Lipinski definition) is 2. The summed E-state index contributed by atoms with van der Waals surface area (Å²) >= 11 is 0. The Morgan fingerprint density at radius 3 is 2.40 bits per heavy atom. The summed E-state index contributed by atoms with van der Waals surface area (Å²) in [6.07, 6.45) is 0.521. The molecule has 0 aromatic heterocycles. The van der Waals surface area contributed by atoms with Crippen molar-refractivity contribution in [2.75, 3.05) is 6.54 Å². The fourth-order valence-corrected chi connectivity index (χ4v) is 3.08. The van der Waals surface area contributed by atoms with Crippen LogP contribution in [0, 0.1) is 17.6 Å². The molecule has 0 radical (unpaired) electrons. The maximum atomic E-state index is 13.5. The van der Waals surface area contributed by atoms with Crippen molar-refractivity contribution in [1.29, 1.82) is 0 Å². The van der Waals surface area contributed by atoms with E-state index >= 15 is 0 Å². The molecule has 0 saturated heterocycles. The quantitative estimate of drug-likeness (QED) is 0.839. The van der Waals surface area contributed by atoms with Gasteiger partial charge in [0.2, 0.25) is 10.0 Å². The average Bonchev–Trinajstić information content (AvgIpc) is 2.30. The molecule has 20 heavy (non-hydrogen) atoms. The van der Waals surface area contributed by atoms with E-state index in [-0.39, 0.29) is 24.9 Å². The number of sulfonamides is 1. The molecule has 0 spiro atoms. The molecule has 0 aliphatic carbocycles. The molecule has 3 N–H and O–H groups in total. The summed E-state index contributed by atoms with van der Waals surface area (Å²) < 4.78 is 52.8. The molecule has 4 nitrogen and oxygen atoms in total. The molecule has 1 aromatic carbocycles. The molecule has 0 heterocycles. The topological polar surface area (TPSA) is 72.2 Å². The first-order valence-corrected chi connectivity index (χ1v) is 7.42. The number of halogens is 3. The Balaban J connectivity index is 0.00000361. The van der Waals surface area contributed by atoms with Crippen LogP contribution in [0.15, 0.2) is 23.1 Å². The van der Waals surface area contributed by atoms with Crippen LogP contribution in [-0.4, -0.2) is 21.0 Å². The zero-order valence-corrected chi connectivity index (χ0v) is 12.9. The summed E-state index contributed by atoms with van der Waals surface area (Å²) in [7, 11) is -4.12. The maximum Gasteiger partial charge on any atom is 0.243 e. The van der Waals surface area contributed by atoms with Crippen molar-refractivity contribution in [3.05, 3.63) is 29.8 Å². The molecule has 1 atom stereocenters. The third kappa shape index (κ3) is 5.32. The zero-order chi connectivity index (χ0) is 14.6. The Kier molecular flexibility index (Phi) is 7.57. The summed E-state index contributed by atoms with van der Waals surface area (Å²) in [5.41, 5.74) is 5.48. The van der Waals surface area contributed by atoms with Crippen molar-refractivity contribution >= 4 is 22.4 Å². The second-order valence-corrected chi connectivity index (χ2v) is 6.44. The highest BCUT2D eigenvalue weighted by Crippen LogP contribution is 2.17. The second-order valence-electron chi connectivity index (χ2n) is 4.76. The molecular weight excluding hydrogens is 310 g/mol. The predicted molar refractivity (Wildman–Crippen MR) is 76.2 cm³/mol. The van der Waals surface area contributed by atoms with Crippen LogP contribution in [0.2, 0.25) is 0 Å². The lowest BCUT2D eigenvalue weighted by molar-refractivity contribution is 0.462. The van der Waals surface area contributed by atoms with Gasteiger partial charge in [0.1, 0.15) is 16.5 Å². The molecule has 0 saturated carbocycles. The van der Waals surface area contributed by atoms with Crippen LogP contribution < -0.4 is 10.5 Å². The zero-order valence-electron chi connectivity index (χ0n) is 11.3. The molecule has 1 unspecified atom stereocenters. The molecule has 0 aliphatic rings. The van der Waals surface area contributed by atoms with E-state index in [9.17, 15) is 17.2 Å². The largest absolute Gasteiger partial charge is 0.329 e. The van der Waals surface area contributed by atoms with E-state index in [0.717, 1.165) is 12.1 Å². The third-order valence-corrected chi connectivity index (χ3v) is 4.08. The van der Waals surface area contributed by atoms with E-state index in [0.29, 0.717) is 12.5 Å². The average molecular weight is 329 g/mol. The van der Waals surface area contributed by atoms with E-state index in [1.54, 1.807) is 0 Å². The fourth-order valence-electron chi connectivity index (χ4n) is 1.73. The Morgan fingerprint density at radius 1 is 1.30 bits per heavy atom. The molecule has 0 amide bonds. The van der Waals surface area contributed by atoms with Crippen LogP contribution >= 0.6 is 12.4 Å². The van der Waals surface area contributed by atoms with E-state index in [1.807, 2.05) is 13.8 Å². The van der Waals surface area contributed by atoms with Gasteiger partial charge in [-0.3, -0.25) is 0 Å². The standard InChI is InChI=1S/C12H18F2N2O2S.ClH/c1-8(2)5-10(7-15)16-19(17,18)12-6-9(13)3-4-11(12)14;/h3-4,6,8,10,16H,5,7,15H2,1-2H3;1H. The first-order chi connectivity index (χ1) is 8.76. The number of nitrogens with two attached hydrogens (primary N) is 1. The smallest absolute Gasteiger partial charge is 0.243 e. The molecular formula is C12H19ClF2N2O2S. The highest BCUT2D eigenvalue weighted by molar-refractivity contribution is 7.89. The number of hydrogen-bond acceptors (Lipinski definition) is 3. The molecule has 8 heteroatoms. The van der Waals surface area contributed by atoms with Crippen LogP contribution in [0.4, 0.5) is 8.78 Å². The third-order valence-electron chi connectivity index (χ3n) is 2.55. The first kappa shape index (κ1) is 19.2. The maximum absolute atomic E-state index is 13.5. The van der Waals surface area contributed by atoms with Crippen molar-refractivity contribution in [2.45, 2.75) is 31.2 Å². The Bertz CT molecular complexity index is 538. The molecule has 0 aliphatic heterocycles. The number of benzene rings is 1. The van der Waals surface area contributed by atoms with Gasteiger partial charge in [-0.2, -0.15) is 0 Å². The predicted octanol–water partition coefficient (Wildman–Crippen LogP) is 2.04. The normalized spacial score (nSPS) is 13.1. The van der Waals surface area contributed by atoms with Gasteiger partial charge in [0.15, 0.2) is 0 Å². The van der Waals surface area contributed by atoms with Crippen molar-refractivity contribution in [3.8, 4) is 0 Å². The summed E-state index contributed by atoms with van der Waals surface area (Å²) in [6.45, 7) is 3.92. The van der Waals surface area contributed by atoms with Gasteiger partial charge in [0.05, 0.1) is 0 Å². The van der Waals surface area contributed by atoms with Gasteiger partial charge in [0, 0.05) is 12.6 Å². The molecule has 0 fully saturated rings. The highest BCUT2D eigenvalue weighted by atomic mass is 35.5. The fraction of sp³-hybridized carbons (Fsp3) is 0.500. The molecule has 116 valence electrons. The van der Waals surface area contributed by atoms with Crippen LogP contribution in [0.3, 0.4) is 0 Å². The minimum absolute atomic E-state index is 0. The van der Waals surface area contributed by atoms with E-state index in [2.05, 4.69) is 4.72 Å². The lowest BCUT2D eigenvalue weighted by atomic mass is 10.1. The van der Waals surface area contributed by atoms with Gasteiger partial charge in [-0.15, -0.1) is 12.4 Å². The number of nitrogens with one attached hydrogen (secondary N) is 1. The van der Waals surface area contributed by atoms with Crippen molar-refractivity contribution in [2.24, 2.45) is 11.7 Å². The second kappa shape index (κ2) is 7.87. The van der Waals surface area contributed by atoms with E-state index in [4.69, 9.17) is 5.73 Å². The van der Waals surface area contributed by atoms with Crippen molar-refractivity contribution < 1.29 is 17.2 Å². The lowest BCUT2D eigenvalue weighted by Crippen LogP contribution is -2.41. The van der Waals surface area contributed by atoms with Crippen LogP contribution in [-0.2, 0) is 10.0 Å². The lowest BCUT2D eigenvalue weighted by Gasteiger charge is -2.19. The van der Waals surface area contributed by atoms with Gasteiger partial charge < -0.3 is 5.73 Å². The van der Waals surface area contributed by atoms with Gasteiger partial charge in [-0.25, -0.2) is 21.9 Å². The Hall–Kier alpha value is -0.760. The van der Waals surface area contributed by atoms with Crippen molar-refractivity contribution in [3.63, 3.8) is 0 Å². The minimum Gasteiger partial charge on any atom is -0.329 e. The Morgan fingerprint density at radius 2 is 1.90 bits per heavy atom. The van der Waals surface area contributed by atoms with E-state index in [1.165, 1.54) is 0 Å². The summed E-state index contributed by atoms with van der Waals surface area (Å²) in [5, 5.41) is 0. The summed E-state index contributed by atoms with van der Waals surface area (Å²) in [6, 6.07) is 1.79. The highest BCUT2D eigenvalue weighted by Gasteiger charge is 2.23. The van der Waals surface area contributed by atoms with Crippen LogP contribution in [0.25, 0.3) is 0 Å². The minimum atomic E-state index is -4.12. The van der Waals surface area contributed by atoms with Crippen molar-refractivity contribution in [1.82, 2.24) is 4.72 Å². The SMILES string of the molecule is CC(C)CC(CN)NS(=O)(=O)c1cc(F)ccc1F.Cl. The summed E-state index contributed by atoms with van der Waals surface area (Å²) in [5.74, 6) is -1.57.